The van der Waals surface area contributed by atoms with E-state index in [1.807, 2.05) is 6.92 Å². The normalized spacial score (nSPS) is 29.7. The fourth-order valence-electron chi connectivity index (χ4n) is 5.05. The minimum absolute atomic E-state index is 0.0205. The molecule has 1 aliphatic heterocycles. The highest BCUT2D eigenvalue weighted by molar-refractivity contribution is 7.96. The second kappa shape index (κ2) is 5.89. The van der Waals surface area contributed by atoms with Gasteiger partial charge in [0.25, 0.3) is 0 Å². The van der Waals surface area contributed by atoms with Crippen molar-refractivity contribution in [3.63, 3.8) is 0 Å². The van der Waals surface area contributed by atoms with Crippen molar-refractivity contribution in [2.24, 2.45) is 0 Å². The lowest BCUT2D eigenvalue weighted by atomic mass is 9.61. The van der Waals surface area contributed by atoms with Crippen LogP contribution < -0.4 is 5.32 Å². The maximum absolute atomic E-state index is 13.1. The fraction of sp³-hybridized carbons (Fsp3) is 0.381. The van der Waals surface area contributed by atoms with Crippen LogP contribution in [0.3, 0.4) is 0 Å². The number of aliphatic hydroxyl groups is 2. The number of allylic oxidation sites excluding steroid dienone is 3. The Bertz CT molecular complexity index is 1250. The number of benzene rings is 1. The van der Waals surface area contributed by atoms with Gasteiger partial charge < -0.3 is 15.5 Å². The molecule has 1 aromatic carbocycles. The van der Waals surface area contributed by atoms with Gasteiger partial charge >= 0.3 is 0 Å². The lowest BCUT2D eigenvalue weighted by Gasteiger charge is -2.43. The smallest absolute Gasteiger partial charge is 0.227 e. The zero-order chi connectivity index (χ0) is 21.6. The minimum atomic E-state index is -3.90. The molecule has 0 saturated heterocycles. The zero-order valence-electron chi connectivity index (χ0n) is 16.1. The van der Waals surface area contributed by atoms with Crippen LogP contribution in [0.1, 0.15) is 62.8 Å². The van der Waals surface area contributed by atoms with Crippen LogP contribution >= 0.6 is 0 Å². The standard InChI is InChI=1S/C21H19NO7S/c1-21-3-2-9(23)6-14(21)19(27)17(25)12-7-10-11(8-13(12)21)18(26)20-15(16(10)24)22-4-5-30(20,28)29/h7-9,22-23,27H,2-6H2,1H3. The van der Waals surface area contributed by atoms with Crippen molar-refractivity contribution in [1.29, 1.82) is 0 Å². The highest BCUT2D eigenvalue weighted by atomic mass is 32.2. The predicted molar refractivity (Wildman–Crippen MR) is 105 cm³/mol. The predicted octanol–water partition coefficient (Wildman–Crippen LogP) is 1.11. The molecule has 156 valence electrons. The maximum atomic E-state index is 13.1. The van der Waals surface area contributed by atoms with Crippen molar-refractivity contribution < 1.29 is 33.0 Å². The Morgan fingerprint density at radius 1 is 1.07 bits per heavy atom. The molecule has 30 heavy (non-hydrogen) atoms. The van der Waals surface area contributed by atoms with Gasteiger partial charge in [0.1, 0.15) is 10.6 Å². The topological polar surface area (TPSA) is 138 Å². The lowest BCUT2D eigenvalue weighted by Crippen LogP contribution is -2.43. The Balaban J connectivity index is 1.76. The fourth-order valence-corrected chi connectivity index (χ4v) is 6.50. The Labute approximate surface area is 172 Å². The second-order valence-electron chi connectivity index (χ2n) is 8.44. The third-order valence-electron chi connectivity index (χ3n) is 6.71. The minimum Gasteiger partial charge on any atom is -0.504 e. The van der Waals surface area contributed by atoms with E-state index < -0.39 is 49.4 Å². The van der Waals surface area contributed by atoms with Crippen molar-refractivity contribution in [2.75, 3.05) is 12.3 Å². The molecular weight excluding hydrogens is 410 g/mol. The number of nitrogens with one attached hydrogen (secondary N) is 1. The van der Waals surface area contributed by atoms with E-state index in [1.54, 1.807) is 0 Å². The van der Waals surface area contributed by atoms with Crippen molar-refractivity contribution in [3.8, 4) is 0 Å². The van der Waals surface area contributed by atoms with Crippen molar-refractivity contribution in [1.82, 2.24) is 5.32 Å². The van der Waals surface area contributed by atoms with Crippen LogP contribution in [0, 0.1) is 0 Å². The van der Waals surface area contributed by atoms with Gasteiger partial charge in [-0.25, -0.2) is 8.42 Å². The van der Waals surface area contributed by atoms with E-state index in [4.69, 9.17) is 0 Å². The van der Waals surface area contributed by atoms with E-state index in [1.165, 1.54) is 12.1 Å². The Kier molecular flexibility index (Phi) is 3.77. The number of hydrogen-bond acceptors (Lipinski definition) is 8. The van der Waals surface area contributed by atoms with E-state index in [0.29, 0.717) is 24.0 Å². The van der Waals surface area contributed by atoms with Crippen LogP contribution in [0.25, 0.3) is 0 Å². The summed E-state index contributed by atoms with van der Waals surface area (Å²) in [6, 6.07) is 2.73. The molecule has 2 atom stereocenters. The molecule has 1 heterocycles. The molecule has 1 saturated carbocycles. The van der Waals surface area contributed by atoms with Gasteiger partial charge in [-0.2, -0.15) is 0 Å². The van der Waals surface area contributed by atoms with E-state index in [-0.39, 0.29) is 41.1 Å². The first-order valence-corrected chi connectivity index (χ1v) is 11.4. The number of rotatable bonds is 0. The molecule has 1 fully saturated rings. The molecule has 3 aliphatic carbocycles. The van der Waals surface area contributed by atoms with E-state index in [9.17, 15) is 33.0 Å². The first-order valence-electron chi connectivity index (χ1n) is 9.70. The molecule has 4 aliphatic rings. The first kappa shape index (κ1) is 19.2. The van der Waals surface area contributed by atoms with Crippen LogP contribution in [-0.2, 0) is 15.3 Å². The third kappa shape index (κ3) is 2.30. The number of carbonyl (C=O) groups excluding carboxylic acids is 3. The van der Waals surface area contributed by atoms with Gasteiger partial charge in [-0.15, -0.1) is 0 Å². The summed E-state index contributed by atoms with van der Waals surface area (Å²) in [5.41, 5.74) is -0.162. The molecule has 2 unspecified atom stereocenters. The second-order valence-corrected chi connectivity index (χ2v) is 10.5. The summed E-state index contributed by atoms with van der Waals surface area (Å²) in [5.74, 6) is -2.80. The van der Waals surface area contributed by atoms with Crippen LogP contribution in [0.4, 0.5) is 0 Å². The number of Topliss-reactive ketones (excluding diaryl/α,β-unsaturated/α-hetero) is 3. The van der Waals surface area contributed by atoms with Gasteiger partial charge in [0.15, 0.2) is 15.6 Å². The van der Waals surface area contributed by atoms with Crippen LogP contribution in [0.2, 0.25) is 0 Å². The molecule has 0 aromatic heterocycles. The number of sulfone groups is 1. The van der Waals surface area contributed by atoms with Crippen molar-refractivity contribution >= 4 is 27.2 Å². The van der Waals surface area contributed by atoms with Gasteiger partial charge in [0.05, 0.1) is 11.9 Å². The summed E-state index contributed by atoms with van der Waals surface area (Å²) in [7, 11) is -3.90. The summed E-state index contributed by atoms with van der Waals surface area (Å²) >= 11 is 0. The Morgan fingerprint density at radius 2 is 1.77 bits per heavy atom. The summed E-state index contributed by atoms with van der Waals surface area (Å²) < 4.78 is 25.0. The molecule has 0 bridgehead atoms. The van der Waals surface area contributed by atoms with Gasteiger partial charge in [0, 0.05) is 28.7 Å². The maximum Gasteiger partial charge on any atom is 0.227 e. The number of hydrogen-bond donors (Lipinski definition) is 3. The van der Waals surface area contributed by atoms with E-state index >= 15 is 0 Å². The Morgan fingerprint density at radius 3 is 2.50 bits per heavy atom. The lowest BCUT2D eigenvalue weighted by molar-refractivity contribution is 0.0923. The number of carbonyl (C=O) groups is 3. The highest BCUT2D eigenvalue weighted by Gasteiger charge is 2.48. The summed E-state index contributed by atoms with van der Waals surface area (Å²) in [4.78, 5) is 38.5. The van der Waals surface area contributed by atoms with Gasteiger partial charge in [-0.3, -0.25) is 14.4 Å². The summed E-state index contributed by atoms with van der Waals surface area (Å²) in [6.45, 7) is 1.84. The van der Waals surface area contributed by atoms with Crippen LogP contribution in [0.5, 0.6) is 0 Å². The van der Waals surface area contributed by atoms with E-state index in [2.05, 4.69) is 5.32 Å². The molecule has 5 rings (SSSR count). The SMILES string of the molecule is CC12CCC(O)CC1=C(O)C(=O)c1cc3c(cc12)C(=O)C1=C(NCCS1(=O)=O)C3=O. The molecule has 3 N–H and O–H groups in total. The van der Waals surface area contributed by atoms with Gasteiger partial charge in [0.2, 0.25) is 17.3 Å². The van der Waals surface area contributed by atoms with Crippen LogP contribution in [0.15, 0.2) is 34.1 Å². The number of aliphatic hydroxyl groups excluding tert-OH is 2. The monoisotopic (exact) mass is 429 g/mol. The first-order chi connectivity index (χ1) is 14.1. The van der Waals surface area contributed by atoms with Gasteiger partial charge in [-0.1, -0.05) is 6.92 Å². The molecule has 0 amide bonds. The largest absolute Gasteiger partial charge is 0.504 e. The molecular formula is C21H19NO7S. The van der Waals surface area contributed by atoms with E-state index in [0.717, 1.165) is 0 Å². The Hall–Kier alpha value is -2.78. The average Bonchev–Trinajstić information content (AvgIpc) is 2.70. The quantitative estimate of drug-likeness (QED) is 0.558. The summed E-state index contributed by atoms with van der Waals surface area (Å²) in [6.07, 6.45) is 0.322. The third-order valence-corrected chi connectivity index (χ3v) is 8.47. The zero-order valence-corrected chi connectivity index (χ0v) is 16.9. The molecule has 0 radical (unpaired) electrons. The molecule has 9 heteroatoms. The van der Waals surface area contributed by atoms with Crippen molar-refractivity contribution in [2.45, 2.75) is 37.7 Å². The van der Waals surface area contributed by atoms with Crippen LogP contribution in [-0.4, -0.2) is 54.4 Å². The number of fused-ring (bicyclic) bond motifs is 4. The average molecular weight is 429 g/mol. The van der Waals surface area contributed by atoms with Gasteiger partial charge in [-0.05, 0) is 42.5 Å². The molecule has 0 spiro atoms. The highest BCUT2D eigenvalue weighted by Crippen LogP contribution is 2.50. The molecule has 8 nitrogen and oxygen atoms in total. The number of ketones is 3. The molecule has 1 aromatic rings. The summed E-state index contributed by atoms with van der Waals surface area (Å²) in [5, 5.41) is 23.3. The van der Waals surface area contributed by atoms with Crippen molar-refractivity contribution in [3.05, 3.63) is 56.3 Å².